The summed E-state index contributed by atoms with van der Waals surface area (Å²) in [6.07, 6.45) is 0.933. The first kappa shape index (κ1) is 11.7. The van der Waals surface area contributed by atoms with Crippen molar-refractivity contribution in [3.8, 4) is 0 Å². The van der Waals surface area contributed by atoms with Gasteiger partial charge in [-0.05, 0) is 6.07 Å². The van der Waals surface area contributed by atoms with Gasteiger partial charge in [0.05, 0.1) is 21.9 Å². The van der Waals surface area contributed by atoms with Crippen LogP contribution in [0.3, 0.4) is 0 Å². The highest BCUT2D eigenvalue weighted by Gasteiger charge is 2.12. The minimum atomic E-state index is -3.50. The van der Waals surface area contributed by atoms with Gasteiger partial charge in [-0.1, -0.05) is 11.6 Å². The van der Waals surface area contributed by atoms with Crippen LogP contribution in [0.2, 0.25) is 5.02 Å². The lowest BCUT2D eigenvalue weighted by atomic mass is 10.3. The van der Waals surface area contributed by atoms with Gasteiger partial charge in [-0.25, -0.2) is 8.42 Å². The third-order valence-corrected chi connectivity index (χ3v) is 2.38. The fourth-order valence-electron chi connectivity index (χ4n) is 0.905. The van der Waals surface area contributed by atoms with E-state index in [1.54, 1.807) is 0 Å². The van der Waals surface area contributed by atoms with Crippen molar-refractivity contribution >= 4 is 33.0 Å². The van der Waals surface area contributed by atoms with Crippen molar-refractivity contribution in [2.75, 3.05) is 11.0 Å². The first-order valence-corrected chi connectivity index (χ1v) is 5.98. The van der Waals surface area contributed by atoms with Gasteiger partial charge in [0.25, 0.3) is 5.69 Å². The standard InChI is InChI=1S/C7H7ClN2O4S/c1-15(13,14)9-7-4-5(10(11)12)2-3-6(7)8/h2-4,9H,1H3. The lowest BCUT2D eigenvalue weighted by Gasteiger charge is -2.05. The molecule has 8 heteroatoms. The van der Waals surface area contributed by atoms with E-state index in [1.165, 1.54) is 12.1 Å². The van der Waals surface area contributed by atoms with Gasteiger partial charge >= 0.3 is 0 Å². The first-order valence-electron chi connectivity index (χ1n) is 3.71. The number of nitro benzene ring substituents is 1. The van der Waals surface area contributed by atoms with Crippen LogP contribution < -0.4 is 4.72 Å². The zero-order valence-electron chi connectivity index (χ0n) is 7.60. The molecular formula is C7H7ClN2O4S. The summed E-state index contributed by atoms with van der Waals surface area (Å²) in [7, 11) is -3.50. The van der Waals surface area contributed by atoms with Crippen molar-refractivity contribution in [3.63, 3.8) is 0 Å². The Morgan fingerprint density at radius 3 is 2.53 bits per heavy atom. The second-order valence-electron chi connectivity index (χ2n) is 2.80. The molecule has 0 aliphatic carbocycles. The van der Waals surface area contributed by atoms with Crippen molar-refractivity contribution in [3.05, 3.63) is 33.3 Å². The highest BCUT2D eigenvalue weighted by Crippen LogP contribution is 2.27. The maximum absolute atomic E-state index is 10.9. The van der Waals surface area contributed by atoms with Crippen LogP contribution in [0, 0.1) is 10.1 Å². The van der Waals surface area contributed by atoms with Gasteiger partial charge in [-0.15, -0.1) is 0 Å². The third kappa shape index (κ3) is 3.37. The van der Waals surface area contributed by atoms with Crippen LogP contribution in [0.25, 0.3) is 0 Å². The Kier molecular flexibility index (Phi) is 3.15. The molecule has 1 aromatic rings. The molecule has 0 aliphatic rings. The van der Waals surface area contributed by atoms with Crippen LogP contribution in [0.4, 0.5) is 11.4 Å². The quantitative estimate of drug-likeness (QED) is 0.652. The summed E-state index contributed by atoms with van der Waals surface area (Å²) in [5.41, 5.74) is -0.237. The van der Waals surface area contributed by atoms with E-state index in [4.69, 9.17) is 11.6 Å². The summed E-state index contributed by atoms with van der Waals surface area (Å²) in [5.74, 6) is 0. The third-order valence-electron chi connectivity index (χ3n) is 1.46. The Bertz CT molecular complexity index is 500. The second-order valence-corrected chi connectivity index (χ2v) is 4.95. The average Bonchev–Trinajstić information content (AvgIpc) is 2.06. The van der Waals surface area contributed by atoms with Crippen LogP contribution in [0.1, 0.15) is 0 Å². The Morgan fingerprint density at radius 2 is 2.07 bits per heavy atom. The maximum Gasteiger partial charge on any atom is 0.271 e. The number of nitrogens with zero attached hydrogens (tertiary/aromatic N) is 1. The molecule has 0 heterocycles. The van der Waals surface area contributed by atoms with Crippen molar-refractivity contribution in [2.24, 2.45) is 0 Å². The molecule has 0 saturated carbocycles. The molecule has 0 unspecified atom stereocenters. The molecule has 0 bridgehead atoms. The van der Waals surface area contributed by atoms with E-state index in [1.807, 2.05) is 0 Å². The Balaban J connectivity index is 3.17. The fourth-order valence-corrected chi connectivity index (χ4v) is 1.69. The summed E-state index contributed by atoms with van der Waals surface area (Å²) in [6.45, 7) is 0. The first-order chi connectivity index (χ1) is 6.79. The van der Waals surface area contributed by atoms with E-state index in [0.717, 1.165) is 12.3 Å². The second kappa shape index (κ2) is 4.03. The number of rotatable bonds is 3. The number of benzene rings is 1. The number of anilines is 1. The van der Waals surface area contributed by atoms with Crippen molar-refractivity contribution in [1.29, 1.82) is 0 Å². The maximum atomic E-state index is 10.9. The summed E-state index contributed by atoms with van der Waals surface area (Å²) >= 11 is 5.66. The van der Waals surface area contributed by atoms with E-state index in [-0.39, 0.29) is 16.4 Å². The molecule has 0 saturated heterocycles. The predicted molar refractivity (Wildman–Crippen MR) is 56.6 cm³/mol. The molecule has 15 heavy (non-hydrogen) atoms. The number of nitrogens with one attached hydrogen (secondary N) is 1. The molecule has 1 N–H and O–H groups in total. The summed E-state index contributed by atoms with van der Waals surface area (Å²) in [6, 6.07) is 3.51. The molecule has 0 aromatic heterocycles. The Hall–Kier alpha value is -1.34. The molecule has 6 nitrogen and oxygen atoms in total. The number of hydrogen-bond donors (Lipinski definition) is 1. The molecule has 0 amide bonds. The van der Waals surface area contributed by atoms with Gasteiger partial charge in [-0.3, -0.25) is 14.8 Å². The summed E-state index contributed by atoms with van der Waals surface area (Å²) in [5, 5.41) is 10.5. The van der Waals surface area contributed by atoms with E-state index < -0.39 is 14.9 Å². The van der Waals surface area contributed by atoms with E-state index in [0.29, 0.717) is 0 Å². The number of sulfonamides is 1. The SMILES string of the molecule is CS(=O)(=O)Nc1cc([N+](=O)[O-])ccc1Cl. The van der Waals surface area contributed by atoms with E-state index >= 15 is 0 Å². The molecule has 82 valence electrons. The number of nitro groups is 1. The normalized spacial score (nSPS) is 11.1. The lowest BCUT2D eigenvalue weighted by Crippen LogP contribution is -2.10. The Morgan fingerprint density at radius 1 is 1.47 bits per heavy atom. The predicted octanol–water partition coefficient (Wildman–Crippen LogP) is 1.62. The van der Waals surface area contributed by atoms with Crippen molar-refractivity contribution in [1.82, 2.24) is 0 Å². The summed E-state index contributed by atoms with van der Waals surface area (Å²) in [4.78, 5) is 9.78. The number of halogens is 1. The van der Waals surface area contributed by atoms with E-state index in [2.05, 4.69) is 4.72 Å². The van der Waals surface area contributed by atoms with Crippen molar-refractivity contribution in [2.45, 2.75) is 0 Å². The minimum Gasteiger partial charge on any atom is -0.282 e. The van der Waals surface area contributed by atoms with Crippen molar-refractivity contribution < 1.29 is 13.3 Å². The highest BCUT2D eigenvalue weighted by atomic mass is 35.5. The highest BCUT2D eigenvalue weighted by molar-refractivity contribution is 7.92. The molecule has 1 rings (SSSR count). The van der Waals surface area contributed by atoms with Crippen LogP contribution in [-0.4, -0.2) is 19.6 Å². The smallest absolute Gasteiger partial charge is 0.271 e. The van der Waals surface area contributed by atoms with Crippen LogP contribution in [0.15, 0.2) is 18.2 Å². The van der Waals surface area contributed by atoms with Gasteiger partial charge in [0.2, 0.25) is 10.0 Å². The Labute approximate surface area is 91.1 Å². The molecule has 0 radical (unpaired) electrons. The fraction of sp³-hybridized carbons (Fsp3) is 0.143. The molecular weight excluding hydrogens is 244 g/mol. The molecule has 0 atom stereocenters. The van der Waals surface area contributed by atoms with Gasteiger partial charge in [0.15, 0.2) is 0 Å². The largest absolute Gasteiger partial charge is 0.282 e. The van der Waals surface area contributed by atoms with E-state index in [9.17, 15) is 18.5 Å². The van der Waals surface area contributed by atoms with Gasteiger partial charge in [-0.2, -0.15) is 0 Å². The molecule has 0 fully saturated rings. The van der Waals surface area contributed by atoms with Gasteiger partial charge in [0, 0.05) is 12.1 Å². The van der Waals surface area contributed by atoms with Gasteiger partial charge < -0.3 is 0 Å². The topological polar surface area (TPSA) is 89.3 Å². The minimum absolute atomic E-state index is 0.00614. The van der Waals surface area contributed by atoms with Crippen LogP contribution >= 0.6 is 11.6 Å². The van der Waals surface area contributed by atoms with Gasteiger partial charge in [0.1, 0.15) is 0 Å². The van der Waals surface area contributed by atoms with Crippen LogP contribution in [0.5, 0.6) is 0 Å². The lowest BCUT2D eigenvalue weighted by molar-refractivity contribution is -0.384. The zero-order chi connectivity index (χ0) is 11.6. The molecule has 1 aromatic carbocycles. The number of non-ortho nitro benzene ring substituents is 1. The number of hydrogen-bond acceptors (Lipinski definition) is 4. The summed E-state index contributed by atoms with van der Waals surface area (Å²) < 4.78 is 23.9. The average molecular weight is 251 g/mol. The molecule has 0 spiro atoms. The monoisotopic (exact) mass is 250 g/mol. The van der Waals surface area contributed by atoms with Crippen LogP contribution in [-0.2, 0) is 10.0 Å². The molecule has 0 aliphatic heterocycles. The zero-order valence-corrected chi connectivity index (χ0v) is 9.17.